The molecule has 5 heteroatoms. The Labute approximate surface area is 99.3 Å². The third kappa shape index (κ3) is 2.68. The van der Waals surface area contributed by atoms with E-state index in [1.165, 1.54) is 0 Å². The van der Waals surface area contributed by atoms with Gasteiger partial charge in [0.05, 0.1) is 11.9 Å². The van der Waals surface area contributed by atoms with E-state index in [9.17, 15) is 0 Å². The quantitative estimate of drug-likeness (QED) is 0.883. The first-order valence-corrected chi connectivity index (χ1v) is 6.20. The maximum atomic E-state index is 4.57. The number of nitrogens with zero attached hydrogens (tertiary/aromatic N) is 3. The number of aromatic nitrogens is 3. The third-order valence-electron chi connectivity index (χ3n) is 2.20. The predicted molar refractivity (Wildman–Crippen MR) is 66.3 cm³/mol. The van der Waals surface area contributed by atoms with E-state index in [4.69, 9.17) is 0 Å². The number of hydrogen-bond acceptors (Lipinski definition) is 4. The number of nitrogens with one attached hydrogen (secondary N) is 1. The molecule has 0 bridgehead atoms. The van der Waals surface area contributed by atoms with Crippen LogP contribution in [-0.2, 0) is 13.6 Å². The van der Waals surface area contributed by atoms with Gasteiger partial charge in [-0.15, -0.1) is 11.3 Å². The summed E-state index contributed by atoms with van der Waals surface area (Å²) in [5.41, 5.74) is 2.18. The smallest absolute Gasteiger partial charge is 0.126 e. The number of thiazole rings is 1. The fraction of sp³-hybridized carbons (Fsp3) is 0.455. The molecule has 16 heavy (non-hydrogen) atoms. The summed E-state index contributed by atoms with van der Waals surface area (Å²) in [6.07, 6.45) is 3.83. The van der Waals surface area contributed by atoms with Crippen molar-refractivity contribution in [1.29, 1.82) is 0 Å². The van der Waals surface area contributed by atoms with Crippen LogP contribution in [0.5, 0.6) is 0 Å². The van der Waals surface area contributed by atoms with Gasteiger partial charge in [0.1, 0.15) is 5.01 Å². The minimum Gasteiger partial charge on any atom is -0.309 e. The van der Waals surface area contributed by atoms with Crippen molar-refractivity contribution in [1.82, 2.24) is 20.1 Å². The van der Waals surface area contributed by atoms with E-state index in [0.29, 0.717) is 6.04 Å². The van der Waals surface area contributed by atoms with Crippen LogP contribution in [0.25, 0.3) is 10.6 Å². The number of rotatable bonds is 4. The molecular weight excluding hydrogens is 220 g/mol. The molecule has 0 unspecified atom stereocenters. The first-order chi connectivity index (χ1) is 7.65. The van der Waals surface area contributed by atoms with E-state index >= 15 is 0 Å². The van der Waals surface area contributed by atoms with Crippen molar-refractivity contribution in [2.24, 2.45) is 7.05 Å². The number of aryl methyl sites for hydroxylation is 1. The highest BCUT2D eigenvalue weighted by Crippen LogP contribution is 2.22. The van der Waals surface area contributed by atoms with Crippen molar-refractivity contribution in [3.8, 4) is 10.6 Å². The van der Waals surface area contributed by atoms with Crippen LogP contribution in [0.15, 0.2) is 17.8 Å². The van der Waals surface area contributed by atoms with E-state index in [1.54, 1.807) is 16.0 Å². The summed E-state index contributed by atoms with van der Waals surface area (Å²) in [7, 11) is 1.92. The molecule has 2 heterocycles. The molecule has 86 valence electrons. The maximum absolute atomic E-state index is 4.57. The second-order valence-electron chi connectivity index (χ2n) is 4.08. The lowest BCUT2D eigenvalue weighted by Gasteiger charge is -2.04. The van der Waals surface area contributed by atoms with Crippen molar-refractivity contribution in [2.75, 3.05) is 0 Å². The van der Waals surface area contributed by atoms with Crippen LogP contribution < -0.4 is 5.32 Å². The average molecular weight is 236 g/mol. The molecule has 4 nitrogen and oxygen atoms in total. The molecule has 0 radical (unpaired) electrons. The van der Waals surface area contributed by atoms with Crippen LogP contribution in [-0.4, -0.2) is 20.8 Å². The van der Waals surface area contributed by atoms with Crippen LogP contribution in [0.2, 0.25) is 0 Å². The standard InChI is InChI=1S/C11H16N4S/c1-8(2)12-5-10-7-16-11(14-10)9-4-13-15(3)6-9/h4,6-8,12H,5H2,1-3H3. The SMILES string of the molecule is CC(C)NCc1csc(-c2cnn(C)c2)n1. The van der Waals surface area contributed by atoms with Crippen LogP contribution in [0.3, 0.4) is 0 Å². The van der Waals surface area contributed by atoms with E-state index in [1.807, 2.05) is 19.4 Å². The largest absolute Gasteiger partial charge is 0.309 e. The van der Waals surface area contributed by atoms with E-state index in [-0.39, 0.29) is 0 Å². The maximum Gasteiger partial charge on any atom is 0.126 e. The number of hydrogen-bond donors (Lipinski definition) is 1. The van der Waals surface area contributed by atoms with Crippen molar-refractivity contribution in [3.63, 3.8) is 0 Å². The highest BCUT2D eigenvalue weighted by Gasteiger charge is 2.06. The molecule has 0 amide bonds. The molecule has 0 aliphatic heterocycles. The van der Waals surface area contributed by atoms with Gasteiger partial charge >= 0.3 is 0 Å². The lowest BCUT2D eigenvalue weighted by atomic mass is 10.3. The van der Waals surface area contributed by atoms with E-state index in [0.717, 1.165) is 22.8 Å². The Kier molecular flexibility index (Phi) is 3.36. The Hall–Kier alpha value is -1.20. The molecule has 0 atom stereocenters. The summed E-state index contributed by atoms with van der Waals surface area (Å²) in [5, 5.41) is 10.6. The Bertz CT molecular complexity index is 458. The van der Waals surface area contributed by atoms with Crippen molar-refractivity contribution < 1.29 is 0 Å². The molecule has 0 saturated carbocycles. The monoisotopic (exact) mass is 236 g/mol. The zero-order valence-electron chi connectivity index (χ0n) is 9.77. The summed E-state index contributed by atoms with van der Waals surface area (Å²) in [6.45, 7) is 5.09. The molecule has 0 saturated heterocycles. The van der Waals surface area contributed by atoms with Gasteiger partial charge in [-0.1, -0.05) is 13.8 Å². The predicted octanol–water partition coefficient (Wildman–Crippen LogP) is 2.04. The van der Waals surface area contributed by atoms with Gasteiger partial charge in [0.25, 0.3) is 0 Å². The molecule has 0 fully saturated rings. The lowest BCUT2D eigenvalue weighted by molar-refractivity contribution is 0.583. The topological polar surface area (TPSA) is 42.7 Å². The second-order valence-corrected chi connectivity index (χ2v) is 4.94. The first kappa shape index (κ1) is 11.3. The highest BCUT2D eigenvalue weighted by atomic mass is 32.1. The Balaban J connectivity index is 2.07. The fourth-order valence-electron chi connectivity index (χ4n) is 1.36. The molecule has 2 aromatic heterocycles. The van der Waals surface area contributed by atoms with Gasteiger partial charge in [-0.05, 0) is 0 Å². The van der Waals surface area contributed by atoms with Gasteiger partial charge in [0.2, 0.25) is 0 Å². The Morgan fingerprint density at radius 3 is 2.94 bits per heavy atom. The third-order valence-corrected chi connectivity index (χ3v) is 3.14. The summed E-state index contributed by atoms with van der Waals surface area (Å²) in [4.78, 5) is 4.57. The Morgan fingerprint density at radius 1 is 1.50 bits per heavy atom. The summed E-state index contributed by atoms with van der Waals surface area (Å²) in [5.74, 6) is 0. The lowest BCUT2D eigenvalue weighted by Crippen LogP contribution is -2.21. The van der Waals surface area contributed by atoms with Crippen LogP contribution in [0.4, 0.5) is 0 Å². The van der Waals surface area contributed by atoms with Gasteiger partial charge in [0, 0.05) is 36.8 Å². The zero-order valence-corrected chi connectivity index (χ0v) is 10.6. The van der Waals surface area contributed by atoms with Gasteiger partial charge in [-0.2, -0.15) is 5.10 Å². The van der Waals surface area contributed by atoms with Crippen molar-refractivity contribution in [2.45, 2.75) is 26.4 Å². The van der Waals surface area contributed by atoms with Gasteiger partial charge in [-0.25, -0.2) is 4.98 Å². The molecule has 0 aliphatic carbocycles. The van der Waals surface area contributed by atoms with Crippen LogP contribution in [0.1, 0.15) is 19.5 Å². The first-order valence-electron chi connectivity index (χ1n) is 5.32. The highest BCUT2D eigenvalue weighted by molar-refractivity contribution is 7.13. The minimum atomic E-state index is 0.489. The van der Waals surface area contributed by atoms with Crippen molar-refractivity contribution in [3.05, 3.63) is 23.5 Å². The Morgan fingerprint density at radius 2 is 2.31 bits per heavy atom. The second kappa shape index (κ2) is 4.76. The summed E-state index contributed by atoms with van der Waals surface area (Å²) < 4.78 is 1.79. The van der Waals surface area contributed by atoms with Crippen LogP contribution >= 0.6 is 11.3 Å². The molecule has 0 spiro atoms. The van der Waals surface area contributed by atoms with Crippen molar-refractivity contribution >= 4 is 11.3 Å². The van der Waals surface area contributed by atoms with E-state index in [2.05, 4.69) is 34.6 Å². The molecular formula is C11H16N4S. The van der Waals surface area contributed by atoms with Crippen LogP contribution in [0, 0.1) is 0 Å². The molecule has 1 N–H and O–H groups in total. The van der Waals surface area contributed by atoms with Gasteiger partial charge in [-0.3, -0.25) is 4.68 Å². The molecule has 0 aliphatic rings. The molecule has 2 aromatic rings. The summed E-state index contributed by atoms with van der Waals surface area (Å²) >= 11 is 1.66. The fourth-order valence-corrected chi connectivity index (χ4v) is 2.16. The zero-order chi connectivity index (χ0) is 11.5. The van der Waals surface area contributed by atoms with Gasteiger partial charge in [0.15, 0.2) is 0 Å². The average Bonchev–Trinajstić information content (AvgIpc) is 2.83. The van der Waals surface area contributed by atoms with Gasteiger partial charge < -0.3 is 5.32 Å². The molecule has 2 rings (SSSR count). The van der Waals surface area contributed by atoms with E-state index < -0.39 is 0 Å². The minimum absolute atomic E-state index is 0.489. The summed E-state index contributed by atoms with van der Waals surface area (Å²) in [6, 6.07) is 0.489. The normalized spacial score (nSPS) is 11.2. The molecule has 0 aromatic carbocycles.